The minimum Gasteiger partial charge on any atom is -0.380 e. The Labute approximate surface area is 96.8 Å². The summed E-state index contributed by atoms with van der Waals surface area (Å²) in [5.41, 5.74) is 6.78. The van der Waals surface area contributed by atoms with Gasteiger partial charge in [0.25, 0.3) is 0 Å². The summed E-state index contributed by atoms with van der Waals surface area (Å²) < 4.78 is 1.12. The van der Waals surface area contributed by atoms with Crippen molar-refractivity contribution in [3.8, 4) is 0 Å². The van der Waals surface area contributed by atoms with Crippen molar-refractivity contribution in [2.24, 2.45) is 5.73 Å². The van der Waals surface area contributed by atoms with Gasteiger partial charge >= 0.3 is 0 Å². The maximum atomic E-state index is 5.55. The van der Waals surface area contributed by atoms with E-state index >= 15 is 0 Å². The van der Waals surface area contributed by atoms with Crippen LogP contribution in [0.5, 0.6) is 0 Å². The van der Waals surface area contributed by atoms with Gasteiger partial charge in [-0.05, 0) is 31.2 Å². The maximum Gasteiger partial charge on any atom is 0.0492 e. The Kier molecular flexibility index (Phi) is 3.36. The van der Waals surface area contributed by atoms with Gasteiger partial charge in [-0.15, -0.1) is 11.8 Å². The summed E-state index contributed by atoms with van der Waals surface area (Å²) in [5, 5.41) is 3.51. The highest BCUT2D eigenvalue weighted by Gasteiger charge is 2.17. The molecule has 1 heterocycles. The van der Waals surface area contributed by atoms with Crippen LogP contribution in [0.3, 0.4) is 0 Å². The number of nitrogens with one attached hydrogen (secondary N) is 1. The maximum absolute atomic E-state index is 5.55. The number of thioether (sulfide) groups is 1. The van der Waals surface area contributed by atoms with Crippen LogP contribution in [0.2, 0.25) is 0 Å². The normalized spacial score (nSPS) is 20.0. The van der Waals surface area contributed by atoms with Crippen LogP contribution < -0.4 is 11.1 Å². The van der Waals surface area contributed by atoms with E-state index < -0.39 is 0 Å². The van der Waals surface area contributed by atoms with Crippen molar-refractivity contribution in [1.82, 2.24) is 0 Å². The molecule has 0 aromatic heterocycles. The molecular formula is C10H13BrN2S. The first kappa shape index (κ1) is 10.3. The lowest BCUT2D eigenvalue weighted by Gasteiger charge is -2.26. The topological polar surface area (TPSA) is 38.0 Å². The van der Waals surface area contributed by atoms with E-state index in [1.165, 1.54) is 10.6 Å². The number of fused-ring (bicyclic) bond motifs is 1. The van der Waals surface area contributed by atoms with Gasteiger partial charge in [-0.1, -0.05) is 15.9 Å². The third kappa shape index (κ3) is 2.24. The lowest BCUT2D eigenvalue weighted by atomic mass is 10.2. The number of hydrogen-bond donors (Lipinski definition) is 2. The molecule has 1 unspecified atom stereocenters. The predicted molar refractivity (Wildman–Crippen MR) is 65.9 cm³/mol. The zero-order valence-electron chi connectivity index (χ0n) is 7.79. The van der Waals surface area contributed by atoms with E-state index in [1.54, 1.807) is 0 Å². The number of hydrogen-bond acceptors (Lipinski definition) is 3. The average molecular weight is 273 g/mol. The predicted octanol–water partition coefficient (Wildman–Crippen LogP) is 2.68. The molecule has 0 fully saturated rings. The van der Waals surface area contributed by atoms with Gasteiger partial charge in [-0.3, -0.25) is 0 Å². The molecule has 0 aliphatic carbocycles. The number of nitrogens with two attached hydrogens (primary N) is 1. The summed E-state index contributed by atoms with van der Waals surface area (Å²) in [5.74, 6) is 1.12. The van der Waals surface area contributed by atoms with Crippen molar-refractivity contribution < 1.29 is 0 Å². The second-order valence-corrected chi connectivity index (χ2v) is 5.35. The molecule has 2 rings (SSSR count). The third-order valence-corrected chi connectivity index (χ3v) is 3.99. The van der Waals surface area contributed by atoms with Crippen molar-refractivity contribution in [2.75, 3.05) is 17.6 Å². The van der Waals surface area contributed by atoms with Crippen LogP contribution in [-0.4, -0.2) is 18.3 Å². The van der Waals surface area contributed by atoms with Crippen molar-refractivity contribution in [2.45, 2.75) is 17.4 Å². The van der Waals surface area contributed by atoms with Crippen LogP contribution in [0, 0.1) is 0 Å². The Morgan fingerprint density at radius 2 is 2.43 bits per heavy atom. The summed E-state index contributed by atoms with van der Waals surface area (Å²) in [6.45, 7) is 0.752. The van der Waals surface area contributed by atoms with Crippen molar-refractivity contribution in [3.05, 3.63) is 22.7 Å². The third-order valence-electron chi connectivity index (χ3n) is 2.26. The van der Waals surface area contributed by atoms with Crippen LogP contribution in [0.25, 0.3) is 0 Å². The van der Waals surface area contributed by atoms with E-state index in [4.69, 9.17) is 5.73 Å². The Balaban J connectivity index is 2.16. The zero-order chi connectivity index (χ0) is 9.97. The molecule has 1 aromatic carbocycles. The fourth-order valence-electron chi connectivity index (χ4n) is 1.55. The van der Waals surface area contributed by atoms with Gasteiger partial charge in [0.15, 0.2) is 0 Å². The molecule has 1 aliphatic heterocycles. The molecule has 1 aliphatic rings. The molecule has 0 saturated heterocycles. The Bertz CT molecular complexity index is 330. The van der Waals surface area contributed by atoms with Gasteiger partial charge in [0.2, 0.25) is 0 Å². The molecule has 1 aromatic rings. The number of anilines is 1. The van der Waals surface area contributed by atoms with E-state index in [0.717, 1.165) is 23.2 Å². The standard InChI is InChI=1S/C10H13BrN2S/c11-7-1-2-10-9(5-7)13-8(3-4-12)6-14-10/h1-2,5,8,13H,3-4,6,12H2. The molecule has 3 N–H and O–H groups in total. The lowest BCUT2D eigenvalue weighted by molar-refractivity contribution is 0.718. The molecule has 0 radical (unpaired) electrons. The quantitative estimate of drug-likeness (QED) is 0.870. The first-order valence-electron chi connectivity index (χ1n) is 4.68. The number of rotatable bonds is 2. The highest BCUT2D eigenvalue weighted by Crippen LogP contribution is 2.35. The van der Waals surface area contributed by atoms with Gasteiger partial charge in [0, 0.05) is 26.9 Å². The Morgan fingerprint density at radius 3 is 3.21 bits per heavy atom. The van der Waals surface area contributed by atoms with Gasteiger partial charge in [-0.2, -0.15) is 0 Å². The summed E-state index contributed by atoms with van der Waals surface area (Å²) in [6.07, 6.45) is 1.04. The smallest absolute Gasteiger partial charge is 0.0492 e. The highest BCUT2D eigenvalue weighted by molar-refractivity contribution is 9.10. The van der Waals surface area contributed by atoms with Gasteiger partial charge < -0.3 is 11.1 Å². The average Bonchev–Trinajstić information content (AvgIpc) is 2.17. The first-order chi connectivity index (χ1) is 6.79. The van der Waals surface area contributed by atoms with E-state index in [-0.39, 0.29) is 0 Å². The van der Waals surface area contributed by atoms with Crippen LogP contribution >= 0.6 is 27.7 Å². The number of halogens is 1. The SMILES string of the molecule is NCCC1CSc2ccc(Br)cc2N1. The van der Waals surface area contributed by atoms with Crippen LogP contribution in [0.4, 0.5) is 5.69 Å². The summed E-state index contributed by atoms with van der Waals surface area (Å²) in [4.78, 5) is 1.33. The molecule has 0 amide bonds. The van der Waals surface area contributed by atoms with Gasteiger partial charge in [0.05, 0.1) is 0 Å². The summed E-state index contributed by atoms with van der Waals surface area (Å²) in [6, 6.07) is 6.88. The second kappa shape index (κ2) is 4.55. The minimum atomic E-state index is 0.520. The van der Waals surface area contributed by atoms with Crippen LogP contribution in [0.1, 0.15) is 6.42 Å². The minimum absolute atomic E-state index is 0.520. The van der Waals surface area contributed by atoms with Crippen molar-refractivity contribution in [3.63, 3.8) is 0 Å². The summed E-state index contributed by atoms with van der Waals surface area (Å²) >= 11 is 5.38. The first-order valence-corrected chi connectivity index (χ1v) is 6.46. The molecule has 14 heavy (non-hydrogen) atoms. The van der Waals surface area contributed by atoms with E-state index in [0.29, 0.717) is 6.04 Å². The van der Waals surface area contributed by atoms with Gasteiger partial charge in [-0.25, -0.2) is 0 Å². The molecule has 0 spiro atoms. The molecule has 2 nitrogen and oxygen atoms in total. The van der Waals surface area contributed by atoms with E-state index in [9.17, 15) is 0 Å². The molecule has 4 heteroatoms. The largest absolute Gasteiger partial charge is 0.380 e. The van der Waals surface area contributed by atoms with Crippen LogP contribution in [0.15, 0.2) is 27.6 Å². The number of benzene rings is 1. The highest BCUT2D eigenvalue weighted by atomic mass is 79.9. The van der Waals surface area contributed by atoms with Crippen molar-refractivity contribution in [1.29, 1.82) is 0 Å². The zero-order valence-corrected chi connectivity index (χ0v) is 10.2. The molecular weight excluding hydrogens is 260 g/mol. The molecule has 76 valence electrons. The van der Waals surface area contributed by atoms with Gasteiger partial charge in [0.1, 0.15) is 0 Å². The van der Waals surface area contributed by atoms with E-state index in [2.05, 4.69) is 39.4 Å². The molecule has 0 bridgehead atoms. The molecule has 1 atom stereocenters. The lowest BCUT2D eigenvalue weighted by Crippen LogP contribution is -2.28. The van der Waals surface area contributed by atoms with Crippen molar-refractivity contribution >= 4 is 33.4 Å². The fourth-order valence-corrected chi connectivity index (χ4v) is 2.98. The van der Waals surface area contributed by atoms with E-state index in [1.807, 2.05) is 11.8 Å². The molecule has 0 saturated carbocycles. The second-order valence-electron chi connectivity index (χ2n) is 3.37. The Morgan fingerprint density at radius 1 is 1.57 bits per heavy atom. The monoisotopic (exact) mass is 272 g/mol. The van der Waals surface area contributed by atoms with Crippen LogP contribution in [-0.2, 0) is 0 Å². The summed E-state index contributed by atoms with van der Waals surface area (Å²) in [7, 11) is 0. The Hall–Kier alpha value is -0.190. The fraction of sp³-hybridized carbons (Fsp3) is 0.400.